The van der Waals surface area contributed by atoms with Crippen molar-refractivity contribution < 1.29 is 22.3 Å². The van der Waals surface area contributed by atoms with Crippen molar-refractivity contribution >= 4 is 16.8 Å². The summed E-state index contributed by atoms with van der Waals surface area (Å²) in [4.78, 5) is 7.86. The van der Waals surface area contributed by atoms with E-state index in [-0.39, 0.29) is 23.0 Å². The quantitative estimate of drug-likeness (QED) is 0.587. The SMILES string of the molecule is COc1nccc2c(-n3ncc(-c4coc(N)n4)c3C(F)(F)F)cccc12. The number of aromatic nitrogens is 4. The van der Waals surface area contributed by atoms with Gasteiger partial charge in [0.05, 0.1) is 24.6 Å². The van der Waals surface area contributed by atoms with E-state index in [0.717, 1.165) is 17.1 Å². The molecule has 3 aromatic heterocycles. The van der Waals surface area contributed by atoms with Crippen molar-refractivity contribution in [1.29, 1.82) is 0 Å². The summed E-state index contributed by atoms with van der Waals surface area (Å²) in [6.45, 7) is 0. The molecule has 27 heavy (non-hydrogen) atoms. The maximum Gasteiger partial charge on any atom is 0.434 e. The maximum atomic E-state index is 13.9. The first-order valence-corrected chi connectivity index (χ1v) is 7.69. The van der Waals surface area contributed by atoms with Crippen molar-refractivity contribution in [3.63, 3.8) is 0 Å². The Kier molecular flexibility index (Phi) is 3.76. The molecule has 0 saturated carbocycles. The van der Waals surface area contributed by atoms with Crippen LogP contribution in [-0.4, -0.2) is 26.9 Å². The number of fused-ring (bicyclic) bond motifs is 1. The third-order valence-corrected chi connectivity index (χ3v) is 4.00. The number of nitrogens with zero attached hydrogens (tertiary/aromatic N) is 4. The monoisotopic (exact) mass is 375 g/mol. The molecule has 0 fully saturated rings. The number of hydrogen-bond acceptors (Lipinski definition) is 6. The van der Waals surface area contributed by atoms with Gasteiger partial charge < -0.3 is 14.9 Å². The third-order valence-electron chi connectivity index (χ3n) is 4.00. The van der Waals surface area contributed by atoms with Crippen LogP contribution in [0.3, 0.4) is 0 Å². The predicted octanol–water partition coefficient (Wildman–Crippen LogP) is 3.69. The molecule has 4 aromatic rings. The maximum absolute atomic E-state index is 13.9. The van der Waals surface area contributed by atoms with Gasteiger partial charge >= 0.3 is 6.18 Å². The van der Waals surface area contributed by atoms with Gasteiger partial charge in [-0.25, -0.2) is 9.67 Å². The van der Waals surface area contributed by atoms with E-state index in [9.17, 15) is 13.2 Å². The molecule has 0 unspecified atom stereocenters. The van der Waals surface area contributed by atoms with Gasteiger partial charge in [0.15, 0.2) is 5.69 Å². The number of rotatable bonds is 3. The highest BCUT2D eigenvalue weighted by Gasteiger charge is 2.40. The van der Waals surface area contributed by atoms with E-state index < -0.39 is 11.9 Å². The van der Waals surface area contributed by atoms with Gasteiger partial charge in [0, 0.05) is 17.0 Å². The summed E-state index contributed by atoms with van der Waals surface area (Å²) in [5.74, 6) is 0.305. The molecule has 0 spiro atoms. The average Bonchev–Trinajstić information content (AvgIpc) is 3.26. The molecule has 0 amide bonds. The number of hydrogen-bond donors (Lipinski definition) is 1. The smallest absolute Gasteiger partial charge is 0.434 e. The lowest BCUT2D eigenvalue weighted by Crippen LogP contribution is -2.15. The molecule has 0 saturated heterocycles. The first kappa shape index (κ1) is 16.9. The molecule has 10 heteroatoms. The molecule has 4 rings (SSSR count). The predicted molar refractivity (Wildman–Crippen MR) is 90.3 cm³/mol. The Morgan fingerprint density at radius 2 is 2.00 bits per heavy atom. The summed E-state index contributed by atoms with van der Waals surface area (Å²) >= 11 is 0. The van der Waals surface area contributed by atoms with Crippen molar-refractivity contribution in [2.75, 3.05) is 12.8 Å². The zero-order valence-corrected chi connectivity index (χ0v) is 13.9. The van der Waals surface area contributed by atoms with Gasteiger partial charge in [-0.15, -0.1) is 0 Å². The van der Waals surface area contributed by atoms with Gasteiger partial charge in [0.2, 0.25) is 5.88 Å². The van der Waals surface area contributed by atoms with Crippen LogP contribution in [0.25, 0.3) is 27.7 Å². The van der Waals surface area contributed by atoms with Crippen molar-refractivity contribution in [2.45, 2.75) is 6.18 Å². The number of pyridine rings is 1. The fourth-order valence-electron chi connectivity index (χ4n) is 2.91. The molecule has 1 aromatic carbocycles. The Bertz CT molecular complexity index is 1130. The van der Waals surface area contributed by atoms with E-state index >= 15 is 0 Å². The van der Waals surface area contributed by atoms with Crippen LogP contribution in [0.4, 0.5) is 19.2 Å². The highest BCUT2D eigenvalue weighted by Crippen LogP contribution is 2.39. The second kappa shape index (κ2) is 6.01. The fourth-order valence-corrected chi connectivity index (χ4v) is 2.91. The molecule has 3 heterocycles. The normalized spacial score (nSPS) is 11.9. The van der Waals surface area contributed by atoms with Gasteiger partial charge in [-0.2, -0.15) is 23.3 Å². The Hall–Kier alpha value is -3.56. The minimum absolute atomic E-state index is 0.0504. The van der Waals surface area contributed by atoms with Crippen LogP contribution >= 0.6 is 0 Å². The van der Waals surface area contributed by atoms with Crippen LogP contribution in [0.15, 0.2) is 47.3 Å². The second-order valence-electron chi connectivity index (χ2n) is 5.58. The molecule has 0 radical (unpaired) electrons. The molecular weight excluding hydrogens is 363 g/mol. The summed E-state index contributed by atoms with van der Waals surface area (Å²) < 4.78 is 52.5. The van der Waals surface area contributed by atoms with Gasteiger partial charge in [-0.1, -0.05) is 6.07 Å². The lowest BCUT2D eigenvalue weighted by atomic mass is 10.1. The highest BCUT2D eigenvalue weighted by atomic mass is 19.4. The first-order chi connectivity index (χ1) is 12.9. The number of alkyl halides is 3. The number of ether oxygens (including phenoxy) is 1. The van der Waals surface area contributed by atoms with Crippen molar-refractivity contribution in [3.8, 4) is 22.8 Å². The van der Waals surface area contributed by atoms with Gasteiger partial charge in [-0.3, -0.25) is 0 Å². The first-order valence-electron chi connectivity index (χ1n) is 7.69. The van der Waals surface area contributed by atoms with Crippen LogP contribution in [-0.2, 0) is 6.18 Å². The van der Waals surface area contributed by atoms with Crippen molar-refractivity contribution in [2.24, 2.45) is 0 Å². The number of halogens is 3. The number of methoxy groups -OCH3 is 1. The molecule has 0 aliphatic heterocycles. The number of nitrogen functional groups attached to an aromatic ring is 1. The van der Waals surface area contributed by atoms with E-state index in [2.05, 4.69) is 15.1 Å². The topological polar surface area (TPSA) is 92.0 Å². The molecule has 138 valence electrons. The molecule has 0 aliphatic rings. The number of oxazole rings is 1. The Labute approximate surface area is 150 Å². The van der Waals surface area contributed by atoms with E-state index in [1.54, 1.807) is 18.2 Å². The minimum Gasteiger partial charge on any atom is -0.481 e. The van der Waals surface area contributed by atoms with Crippen molar-refractivity contribution in [1.82, 2.24) is 19.7 Å². The van der Waals surface area contributed by atoms with Gasteiger partial charge in [-0.05, 0) is 18.2 Å². The lowest BCUT2D eigenvalue weighted by molar-refractivity contribution is -0.142. The molecule has 0 bridgehead atoms. The van der Waals surface area contributed by atoms with Crippen LogP contribution in [0.1, 0.15) is 5.69 Å². The Morgan fingerprint density at radius 3 is 2.67 bits per heavy atom. The fraction of sp³-hybridized carbons (Fsp3) is 0.118. The van der Waals surface area contributed by atoms with E-state index in [1.165, 1.54) is 19.4 Å². The van der Waals surface area contributed by atoms with Crippen LogP contribution in [0.2, 0.25) is 0 Å². The number of anilines is 1. The van der Waals surface area contributed by atoms with Gasteiger partial charge in [0.25, 0.3) is 6.01 Å². The molecule has 7 nitrogen and oxygen atoms in total. The zero-order valence-electron chi connectivity index (χ0n) is 13.9. The zero-order chi connectivity index (χ0) is 19.2. The van der Waals surface area contributed by atoms with Gasteiger partial charge in [0.1, 0.15) is 12.0 Å². The Balaban J connectivity index is 2.01. The lowest BCUT2D eigenvalue weighted by Gasteiger charge is -2.14. The van der Waals surface area contributed by atoms with Crippen LogP contribution in [0, 0.1) is 0 Å². The summed E-state index contributed by atoms with van der Waals surface area (Å²) in [7, 11) is 1.44. The molecule has 0 aliphatic carbocycles. The number of benzene rings is 1. The largest absolute Gasteiger partial charge is 0.481 e. The average molecular weight is 375 g/mol. The minimum atomic E-state index is -4.70. The van der Waals surface area contributed by atoms with Crippen LogP contribution < -0.4 is 10.5 Å². The van der Waals surface area contributed by atoms with E-state index in [0.29, 0.717) is 16.7 Å². The van der Waals surface area contributed by atoms with Crippen molar-refractivity contribution in [3.05, 3.63) is 48.6 Å². The van der Waals surface area contributed by atoms with Crippen LogP contribution in [0.5, 0.6) is 5.88 Å². The number of nitrogens with two attached hydrogens (primary N) is 1. The summed E-state index contributed by atoms with van der Waals surface area (Å²) in [6.07, 6.45) is -1.10. The third kappa shape index (κ3) is 2.75. The highest BCUT2D eigenvalue weighted by molar-refractivity contribution is 5.93. The second-order valence-corrected chi connectivity index (χ2v) is 5.58. The standard InChI is InChI=1S/C17H12F3N5O2/c1-26-15-10-3-2-4-13(9(10)5-6-22-15)25-14(17(18,19)20)11(7-23-25)12-8-27-16(21)24-12/h2-8H,1H3,(H2,21,24). The summed E-state index contributed by atoms with van der Waals surface area (Å²) in [5.41, 5.74) is 4.34. The Morgan fingerprint density at radius 1 is 1.19 bits per heavy atom. The summed E-state index contributed by atoms with van der Waals surface area (Å²) in [5, 5.41) is 5.02. The molecule has 2 N–H and O–H groups in total. The molecular formula is C17H12F3N5O2. The summed E-state index contributed by atoms with van der Waals surface area (Å²) in [6, 6.07) is 6.22. The van der Waals surface area contributed by atoms with E-state index in [4.69, 9.17) is 14.9 Å². The van der Waals surface area contributed by atoms with E-state index in [1.807, 2.05) is 0 Å². The molecule has 0 atom stereocenters.